The lowest BCUT2D eigenvalue weighted by Crippen LogP contribution is -2.51. The third kappa shape index (κ3) is 5.78. The van der Waals surface area contributed by atoms with Crippen LogP contribution in [0.2, 0.25) is 0 Å². The second-order valence-electron chi connectivity index (χ2n) is 7.38. The van der Waals surface area contributed by atoms with Gasteiger partial charge in [-0.3, -0.25) is 4.79 Å². The highest BCUT2D eigenvalue weighted by atomic mass is 16.4. The smallest absolute Gasteiger partial charge is 0.318 e. The van der Waals surface area contributed by atoms with Gasteiger partial charge in [0.1, 0.15) is 0 Å². The molecule has 2 amide bonds. The van der Waals surface area contributed by atoms with Gasteiger partial charge in [-0.25, -0.2) is 4.79 Å². The molecule has 0 aromatic rings. The summed E-state index contributed by atoms with van der Waals surface area (Å²) in [4.78, 5) is 24.7. The Bertz CT molecular complexity index is 433. The fraction of sp³-hybridized carbons (Fsp3) is 0.750. The highest BCUT2D eigenvalue weighted by Gasteiger charge is 2.27. The minimum atomic E-state index is -0.840. The number of carboxylic acid groups (broad SMARTS) is 1. The molecule has 0 atom stereocenters. The van der Waals surface area contributed by atoms with Crippen LogP contribution in [-0.2, 0) is 4.79 Å². The summed E-state index contributed by atoms with van der Waals surface area (Å²) in [7, 11) is 0. The molecule has 1 aliphatic rings. The second-order valence-corrected chi connectivity index (χ2v) is 7.38. The van der Waals surface area contributed by atoms with Crippen molar-refractivity contribution in [3.63, 3.8) is 0 Å². The lowest BCUT2D eigenvalue weighted by molar-refractivity contribution is -0.137. The van der Waals surface area contributed by atoms with E-state index < -0.39 is 11.5 Å². The van der Waals surface area contributed by atoms with E-state index in [9.17, 15) is 9.59 Å². The van der Waals surface area contributed by atoms with Crippen LogP contribution in [0.25, 0.3) is 0 Å². The normalized spacial score (nSPS) is 16.4. The van der Waals surface area contributed by atoms with Gasteiger partial charge < -0.3 is 15.3 Å². The molecular formula is C16H28N2O3. The highest BCUT2D eigenvalue weighted by molar-refractivity contribution is 5.75. The van der Waals surface area contributed by atoms with Crippen molar-refractivity contribution in [3.05, 3.63) is 11.6 Å². The summed E-state index contributed by atoms with van der Waals surface area (Å²) >= 11 is 0. The summed E-state index contributed by atoms with van der Waals surface area (Å²) in [6.07, 6.45) is 3.51. The Morgan fingerprint density at radius 1 is 1.29 bits per heavy atom. The Hall–Kier alpha value is -1.52. The Balaban J connectivity index is 2.54. The number of carbonyl (C=O) groups is 2. The molecule has 0 aromatic carbocycles. The molecule has 0 aliphatic carbocycles. The van der Waals surface area contributed by atoms with Crippen molar-refractivity contribution in [3.8, 4) is 0 Å². The molecule has 0 bridgehead atoms. The zero-order valence-electron chi connectivity index (χ0n) is 13.8. The van der Waals surface area contributed by atoms with Gasteiger partial charge in [-0.2, -0.15) is 0 Å². The van der Waals surface area contributed by atoms with Crippen LogP contribution in [-0.4, -0.2) is 40.6 Å². The van der Waals surface area contributed by atoms with Gasteiger partial charge in [0, 0.05) is 25.0 Å². The number of urea groups is 1. The van der Waals surface area contributed by atoms with Crippen LogP contribution in [0.3, 0.4) is 0 Å². The third-order valence-corrected chi connectivity index (χ3v) is 3.87. The van der Waals surface area contributed by atoms with Crippen molar-refractivity contribution >= 4 is 12.0 Å². The average Bonchev–Trinajstić information content (AvgIpc) is 2.35. The van der Waals surface area contributed by atoms with E-state index in [-0.39, 0.29) is 17.9 Å². The van der Waals surface area contributed by atoms with Gasteiger partial charge in [-0.05, 0) is 32.1 Å². The number of nitrogens with one attached hydrogen (secondary N) is 1. The maximum absolute atomic E-state index is 12.3. The molecule has 21 heavy (non-hydrogen) atoms. The molecule has 5 heteroatoms. The van der Waals surface area contributed by atoms with Gasteiger partial charge in [0.05, 0.1) is 0 Å². The van der Waals surface area contributed by atoms with E-state index in [4.69, 9.17) is 5.11 Å². The summed E-state index contributed by atoms with van der Waals surface area (Å²) < 4.78 is 0. The fourth-order valence-corrected chi connectivity index (χ4v) is 2.39. The Morgan fingerprint density at radius 3 is 2.33 bits per heavy atom. The summed E-state index contributed by atoms with van der Waals surface area (Å²) in [6, 6.07) is -0.116. The molecule has 0 spiro atoms. The summed E-state index contributed by atoms with van der Waals surface area (Å²) in [5, 5.41) is 11.7. The van der Waals surface area contributed by atoms with E-state index in [0.717, 1.165) is 6.42 Å². The molecule has 0 saturated carbocycles. The first-order chi connectivity index (χ1) is 9.51. The van der Waals surface area contributed by atoms with Crippen molar-refractivity contribution in [2.24, 2.45) is 5.41 Å². The molecule has 0 saturated heterocycles. The quantitative estimate of drug-likeness (QED) is 0.783. The van der Waals surface area contributed by atoms with E-state index in [1.165, 1.54) is 5.57 Å². The zero-order valence-corrected chi connectivity index (χ0v) is 13.8. The predicted octanol–water partition coefficient (Wildman–Crippen LogP) is 3.02. The topological polar surface area (TPSA) is 69.6 Å². The SMILES string of the molecule is CC(C)(CCC(=O)O)NC(=O)N1CC=C(C(C)(C)C)CC1. The number of nitrogens with zero attached hydrogens (tertiary/aromatic N) is 1. The molecule has 2 N–H and O–H groups in total. The van der Waals surface area contributed by atoms with Crippen molar-refractivity contribution < 1.29 is 14.7 Å². The van der Waals surface area contributed by atoms with Gasteiger partial charge in [0.2, 0.25) is 0 Å². The van der Waals surface area contributed by atoms with Gasteiger partial charge >= 0.3 is 12.0 Å². The van der Waals surface area contributed by atoms with Gasteiger partial charge in [-0.15, -0.1) is 0 Å². The van der Waals surface area contributed by atoms with E-state index in [1.807, 2.05) is 13.8 Å². The zero-order chi connectivity index (χ0) is 16.3. The molecule has 1 heterocycles. The van der Waals surface area contributed by atoms with Crippen LogP contribution < -0.4 is 5.32 Å². The van der Waals surface area contributed by atoms with Crippen LogP contribution in [0.5, 0.6) is 0 Å². The number of carboxylic acids is 1. The number of hydrogen-bond acceptors (Lipinski definition) is 2. The van der Waals surface area contributed by atoms with Crippen molar-refractivity contribution in [1.82, 2.24) is 10.2 Å². The Kier molecular flexibility index (Phi) is 5.42. The van der Waals surface area contributed by atoms with E-state index in [0.29, 0.717) is 19.5 Å². The summed E-state index contributed by atoms with van der Waals surface area (Å²) in [6.45, 7) is 11.6. The fourth-order valence-electron chi connectivity index (χ4n) is 2.39. The number of amides is 2. The van der Waals surface area contributed by atoms with Crippen LogP contribution in [0.4, 0.5) is 4.79 Å². The summed E-state index contributed by atoms with van der Waals surface area (Å²) in [5.41, 5.74) is 1.03. The van der Waals surface area contributed by atoms with Crippen molar-refractivity contribution in [2.45, 2.75) is 59.4 Å². The molecule has 5 nitrogen and oxygen atoms in total. The third-order valence-electron chi connectivity index (χ3n) is 3.87. The lowest BCUT2D eigenvalue weighted by Gasteiger charge is -2.35. The van der Waals surface area contributed by atoms with Gasteiger partial charge in [-0.1, -0.05) is 32.4 Å². The first-order valence-electron chi connectivity index (χ1n) is 7.50. The largest absolute Gasteiger partial charge is 0.481 e. The average molecular weight is 296 g/mol. The van der Waals surface area contributed by atoms with Gasteiger partial charge in [0.15, 0.2) is 0 Å². The molecule has 120 valence electrons. The van der Waals surface area contributed by atoms with Crippen LogP contribution in [0, 0.1) is 5.41 Å². The molecule has 1 aliphatic heterocycles. The van der Waals surface area contributed by atoms with Gasteiger partial charge in [0.25, 0.3) is 0 Å². The highest BCUT2D eigenvalue weighted by Crippen LogP contribution is 2.30. The van der Waals surface area contributed by atoms with Crippen LogP contribution >= 0.6 is 0 Å². The van der Waals surface area contributed by atoms with Crippen molar-refractivity contribution in [2.75, 3.05) is 13.1 Å². The molecular weight excluding hydrogens is 268 g/mol. The monoisotopic (exact) mass is 296 g/mol. The molecule has 0 fully saturated rings. The number of hydrogen-bond donors (Lipinski definition) is 2. The standard InChI is InChI=1S/C16H28N2O3/c1-15(2,3)12-7-10-18(11-8-12)14(21)17-16(4,5)9-6-13(19)20/h7H,6,8-11H2,1-5H3,(H,17,21)(H,19,20). The number of carbonyl (C=O) groups excluding carboxylic acids is 1. The molecule has 0 radical (unpaired) electrons. The van der Waals surface area contributed by atoms with E-state index >= 15 is 0 Å². The Morgan fingerprint density at radius 2 is 1.90 bits per heavy atom. The Labute approximate surface area is 127 Å². The van der Waals surface area contributed by atoms with Crippen LogP contribution in [0.1, 0.15) is 53.9 Å². The molecule has 1 rings (SSSR count). The first kappa shape index (κ1) is 17.5. The predicted molar refractivity (Wildman–Crippen MR) is 83.2 cm³/mol. The summed E-state index contributed by atoms with van der Waals surface area (Å²) in [5.74, 6) is -0.840. The van der Waals surface area contributed by atoms with E-state index in [1.54, 1.807) is 4.90 Å². The van der Waals surface area contributed by atoms with E-state index in [2.05, 4.69) is 32.2 Å². The van der Waals surface area contributed by atoms with Crippen molar-refractivity contribution in [1.29, 1.82) is 0 Å². The minimum Gasteiger partial charge on any atom is -0.481 e. The maximum atomic E-state index is 12.3. The molecule has 0 aromatic heterocycles. The lowest BCUT2D eigenvalue weighted by atomic mass is 9.83. The maximum Gasteiger partial charge on any atom is 0.318 e. The van der Waals surface area contributed by atoms with Crippen LogP contribution in [0.15, 0.2) is 11.6 Å². The second kappa shape index (κ2) is 6.50. The molecule has 0 unspecified atom stereocenters. The number of rotatable bonds is 4. The minimum absolute atomic E-state index is 0.0569. The number of aliphatic carboxylic acids is 1. The first-order valence-corrected chi connectivity index (χ1v) is 7.50.